The lowest BCUT2D eigenvalue weighted by atomic mass is 9.84. The third-order valence-electron chi connectivity index (χ3n) is 7.44. The highest BCUT2D eigenvalue weighted by atomic mass is 16.7. The Labute approximate surface area is 236 Å². The maximum atomic E-state index is 12.8. The van der Waals surface area contributed by atoms with Crippen molar-refractivity contribution in [1.29, 1.82) is 0 Å². The second kappa shape index (κ2) is 11.6. The Hall–Kier alpha value is -4.48. The minimum atomic E-state index is -0.581. The van der Waals surface area contributed by atoms with Crippen LogP contribution in [-0.2, 0) is 16.1 Å². The van der Waals surface area contributed by atoms with Crippen LogP contribution >= 0.6 is 0 Å². The minimum Gasteiger partial charge on any atom is -0.497 e. The molecular formula is C30H31N3O8. The fourth-order valence-corrected chi connectivity index (χ4v) is 5.47. The van der Waals surface area contributed by atoms with E-state index >= 15 is 0 Å². The van der Waals surface area contributed by atoms with Gasteiger partial charge in [-0.05, 0) is 66.6 Å². The summed E-state index contributed by atoms with van der Waals surface area (Å²) in [6.07, 6.45) is -0.696. The Balaban J connectivity index is 1.08. The first-order chi connectivity index (χ1) is 20.0. The van der Waals surface area contributed by atoms with Crippen molar-refractivity contribution in [3.8, 4) is 23.0 Å². The Morgan fingerprint density at radius 2 is 1.71 bits per heavy atom. The largest absolute Gasteiger partial charge is 0.497 e. The van der Waals surface area contributed by atoms with Gasteiger partial charge in [-0.25, -0.2) is 4.79 Å². The lowest BCUT2D eigenvalue weighted by molar-refractivity contribution is -0.142. The molecule has 3 amide bonds. The SMILES string of the molecule is COc1ccc(NC(=O)Nc2ccc3c(c2)[C@@H]2C[C@H](CC(=O)NCc4ccc5c(c4)OCO5)O[C@H](CO)[C@@H]2O3)cc1. The molecule has 3 heterocycles. The van der Waals surface area contributed by atoms with E-state index in [4.69, 9.17) is 23.7 Å². The van der Waals surface area contributed by atoms with Crippen LogP contribution in [0, 0.1) is 0 Å². The van der Waals surface area contributed by atoms with Gasteiger partial charge in [0.25, 0.3) is 0 Å². The first kappa shape index (κ1) is 26.7. The highest BCUT2D eigenvalue weighted by Crippen LogP contribution is 2.47. The number of ether oxygens (including phenoxy) is 5. The maximum Gasteiger partial charge on any atom is 0.323 e. The van der Waals surface area contributed by atoms with Crippen LogP contribution in [0.15, 0.2) is 60.7 Å². The zero-order chi connectivity index (χ0) is 28.3. The number of aliphatic hydroxyl groups excluding tert-OH is 1. The average Bonchev–Trinajstić information content (AvgIpc) is 3.60. The zero-order valence-corrected chi connectivity index (χ0v) is 22.4. The molecular weight excluding hydrogens is 530 g/mol. The molecule has 41 heavy (non-hydrogen) atoms. The Bertz CT molecular complexity index is 1430. The lowest BCUT2D eigenvalue weighted by Gasteiger charge is -2.37. The lowest BCUT2D eigenvalue weighted by Crippen LogP contribution is -2.47. The molecule has 214 valence electrons. The van der Waals surface area contributed by atoms with Crippen molar-refractivity contribution in [1.82, 2.24) is 5.32 Å². The van der Waals surface area contributed by atoms with Gasteiger partial charge in [0.1, 0.15) is 23.7 Å². The van der Waals surface area contributed by atoms with Gasteiger partial charge in [-0.3, -0.25) is 4.79 Å². The molecule has 0 bridgehead atoms. The highest BCUT2D eigenvalue weighted by molar-refractivity contribution is 5.99. The summed E-state index contributed by atoms with van der Waals surface area (Å²) in [5, 5.41) is 18.6. The van der Waals surface area contributed by atoms with E-state index in [0.29, 0.717) is 47.3 Å². The van der Waals surface area contributed by atoms with Gasteiger partial charge >= 0.3 is 6.03 Å². The molecule has 3 aromatic carbocycles. The zero-order valence-electron chi connectivity index (χ0n) is 22.4. The van der Waals surface area contributed by atoms with E-state index < -0.39 is 12.2 Å². The molecule has 0 aliphatic carbocycles. The van der Waals surface area contributed by atoms with Crippen LogP contribution in [0.4, 0.5) is 16.2 Å². The van der Waals surface area contributed by atoms with Gasteiger partial charge in [-0.15, -0.1) is 0 Å². The molecule has 3 aliphatic rings. The van der Waals surface area contributed by atoms with Crippen molar-refractivity contribution in [3.05, 3.63) is 71.8 Å². The van der Waals surface area contributed by atoms with Crippen LogP contribution in [-0.4, -0.2) is 55.9 Å². The summed E-state index contributed by atoms with van der Waals surface area (Å²) in [7, 11) is 1.58. The summed E-state index contributed by atoms with van der Waals surface area (Å²) in [6.45, 7) is 0.302. The van der Waals surface area contributed by atoms with Crippen molar-refractivity contribution >= 4 is 23.3 Å². The number of urea groups is 1. The van der Waals surface area contributed by atoms with Crippen molar-refractivity contribution in [2.45, 2.75) is 43.6 Å². The van der Waals surface area contributed by atoms with E-state index in [-0.39, 0.29) is 43.8 Å². The van der Waals surface area contributed by atoms with Gasteiger partial charge in [0.05, 0.1) is 26.2 Å². The Kier molecular flexibility index (Phi) is 7.53. The maximum absolute atomic E-state index is 12.8. The predicted octanol–water partition coefficient (Wildman–Crippen LogP) is 3.77. The van der Waals surface area contributed by atoms with Crippen molar-refractivity contribution in [2.75, 3.05) is 31.1 Å². The van der Waals surface area contributed by atoms with Crippen molar-refractivity contribution in [2.24, 2.45) is 0 Å². The molecule has 0 spiro atoms. The molecule has 3 aromatic rings. The number of aliphatic hydroxyl groups is 1. The summed E-state index contributed by atoms with van der Waals surface area (Å²) < 4.78 is 28.1. The molecule has 1 saturated heterocycles. The second-order valence-corrected chi connectivity index (χ2v) is 10.1. The summed E-state index contributed by atoms with van der Waals surface area (Å²) >= 11 is 0. The van der Waals surface area contributed by atoms with Gasteiger partial charge in [0, 0.05) is 29.4 Å². The molecule has 6 rings (SSSR count). The number of hydrogen-bond acceptors (Lipinski definition) is 8. The van der Waals surface area contributed by atoms with Crippen LogP contribution in [0.5, 0.6) is 23.0 Å². The number of nitrogens with one attached hydrogen (secondary N) is 3. The molecule has 1 fully saturated rings. The number of carbonyl (C=O) groups is 2. The van der Waals surface area contributed by atoms with E-state index in [1.807, 2.05) is 24.3 Å². The predicted molar refractivity (Wildman–Crippen MR) is 149 cm³/mol. The van der Waals surface area contributed by atoms with Gasteiger partial charge in [0.2, 0.25) is 12.7 Å². The van der Waals surface area contributed by atoms with E-state index in [0.717, 1.165) is 11.1 Å². The smallest absolute Gasteiger partial charge is 0.323 e. The van der Waals surface area contributed by atoms with Crippen molar-refractivity contribution in [3.63, 3.8) is 0 Å². The summed E-state index contributed by atoms with van der Waals surface area (Å²) in [5.74, 6) is 2.46. The van der Waals surface area contributed by atoms with Gasteiger partial charge in [0.15, 0.2) is 11.5 Å². The van der Waals surface area contributed by atoms with E-state index in [1.54, 1.807) is 43.5 Å². The quantitative estimate of drug-likeness (QED) is 0.326. The Morgan fingerprint density at radius 1 is 0.951 bits per heavy atom. The highest BCUT2D eigenvalue weighted by Gasteiger charge is 2.46. The fourth-order valence-electron chi connectivity index (χ4n) is 5.47. The Morgan fingerprint density at radius 3 is 2.51 bits per heavy atom. The normalized spacial score (nSPS) is 21.7. The number of anilines is 2. The van der Waals surface area contributed by atoms with Crippen LogP contribution in [0.1, 0.15) is 29.9 Å². The topological polar surface area (TPSA) is 137 Å². The number of hydrogen-bond donors (Lipinski definition) is 4. The molecule has 4 N–H and O–H groups in total. The van der Waals surface area contributed by atoms with Crippen LogP contribution in [0.25, 0.3) is 0 Å². The third kappa shape index (κ3) is 5.86. The summed E-state index contributed by atoms with van der Waals surface area (Å²) in [5.41, 5.74) is 3.03. The van der Waals surface area contributed by atoms with E-state index in [2.05, 4.69) is 16.0 Å². The van der Waals surface area contributed by atoms with Crippen molar-refractivity contribution < 1.29 is 38.4 Å². The summed E-state index contributed by atoms with van der Waals surface area (Å²) in [4.78, 5) is 25.4. The summed E-state index contributed by atoms with van der Waals surface area (Å²) in [6, 6.07) is 17.6. The first-order valence-electron chi connectivity index (χ1n) is 13.4. The van der Waals surface area contributed by atoms with Gasteiger partial charge < -0.3 is 44.7 Å². The molecule has 11 heteroatoms. The van der Waals surface area contributed by atoms with E-state index in [1.165, 1.54) is 0 Å². The van der Waals surface area contributed by atoms with E-state index in [9.17, 15) is 14.7 Å². The fraction of sp³-hybridized carbons (Fsp3) is 0.333. The number of fused-ring (bicyclic) bond motifs is 4. The number of carbonyl (C=O) groups excluding carboxylic acids is 2. The first-order valence-corrected chi connectivity index (χ1v) is 13.4. The number of methoxy groups -OCH3 is 1. The minimum absolute atomic E-state index is 0.103. The number of benzene rings is 3. The average molecular weight is 562 g/mol. The van der Waals surface area contributed by atoms with Crippen LogP contribution in [0.3, 0.4) is 0 Å². The third-order valence-corrected chi connectivity index (χ3v) is 7.44. The second-order valence-electron chi connectivity index (χ2n) is 10.1. The monoisotopic (exact) mass is 561 g/mol. The standard InChI is InChI=1S/C30H31N3O8/c1-37-20-6-3-18(4-7-20)32-30(36)33-19-5-9-24-22(11-19)23-12-21(40-27(15-34)29(23)41-24)13-28(35)31-14-17-2-8-25-26(10-17)39-16-38-25/h2-11,21,23,27,29,34H,12-16H2,1H3,(H,31,35)(H2,32,33,36)/t21-,23+,27-,29-/m1/s1. The molecule has 4 atom stereocenters. The number of rotatable bonds is 8. The molecule has 0 unspecified atom stereocenters. The van der Waals surface area contributed by atoms with Gasteiger partial charge in [-0.2, -0.15) is 0 Å². The molecule has 11 nitrogen and oxygen atoms in total. The molecule has 0 aromatic heterocycles. The van der Waals surface area contributed by atoms with Gasteiger partial charge in [-0.1, -0.05) is 6.07 Å². The molecule has 3 aliphatic heterocycles. The number of amides is 3. The van der Waals surface area contributed by atoms with Crippen LogP contribution in [0.2, 0.25) is 0 Å². The molecule has 0 radical (unpaired) electrons. The molecule has 0 saturated carbocycles. The van der Waals surface area contributed by atoms with Crippen LogP contribution < -0.4 is 34.9 Å².